The molecule has 0 radical (unpaired) electrons. The molecule has 412 valence electrons. The first-order chi connectivity index (χ1) is 38.8. The van der Waals surface area contributed by atoms with Gasteiger partial charge in [0.25, 0.3) is 0 Å². The summed E-state index contributed by atoms with van der Waals surface area (Å²) in [5.74, 6) is 0. The van der Waals surface area contributed by atoms with E-state index in [-0.39, 0.29) is 10.8 Å². The van der Waals surface area contributed by atoms with E-state index in [1.165, 1.54) is 210 Å². The Morgan fingerprint density at radius 3 is 1.03 bits per heavy atom. The van der Waals surface area contributed by atoms with Gasteiger partial charge in [0.2, 0.25) is 0 Å². The van der Waals surface area contributed by atoms with Gasteiger partial charge in [-0.3, -0.25) is 0 Å². The third-order valence-electron chi connectivity index (χ3n) is 18.4. The predicted molar refractivity (Wildman–Crippen MR) is 346 cm³/mol. The third kappa shape index (κ3) is 13.4. The summed E-state index contributed by atoms with van der Waals surface area (Å²) >= 11 is 0. The molecule has 0 aliphatic heterocycles. The number of unbranched alkanes of at least 4 members (excludes halogenated alkanes) is 18. The van der Waals surface area contributed by atoms with Crippen LogP contribution in [0.5, 0.6) is 0 Å². The first kappa shape index (κ1) is 57.5. The average molecular weight is 1050 g/mol. The molecule has 0 saturated heterocycles. The molecule has 0 spiro atoms. The molecule has 0 fully saturated rings. The van der Waals surface area contributed by atoms with E-state index in [2.05, 4.69) is 210 Å². The van der Waals surface area contributed by atoms with Crippen LogP contribution in [-0.4, -0.2) is 0 Å². The van der Waals surface area contributed by atoms with Gasteiger partial charge < -0.3 is 4.90 Å². The minimum Gasteiger partial charge on any atom is -0.311 e. The lowest BCUT2D eigenvalue weighted by Gasteiger charge is -2.33. The molecule has 79 heavy (non-hydrogen) atoms. The molecule has 0 N–H and O–H groups in total. The average Bonchev–Trinajstić information content (AvgIpc) is 3.46. The van der Waals surface area contributed by atoms with Crippen LogP contribution in [0, 0.1) is 13.8 Å². The Labute approximate surface area is 479 Å². The molecule has 0 saturated carbocycles. The van der Waals surface area contributed by atoms with Crippen LogP contribution in [0.25, 0.3) is 44.5 Å². The molecule has 7 aromatic rings. The Kier molecular flexibility index (Phi) is 20.6. The van der Waals surface area contributed by atoms with Gasteiger partial charge in [0.05, 0.1) is 0 Å². The molecule has 0 atom stereocenters. The molecular weight excluding hydrogens is 951 g/mol. The van der Waals surface area contributed by atoms with E-state index in [9.17, 15) is 0 Å². The number of fused-ring (bicyclic) bond motifs is 6. The van der Waals surface area contributed by atoms with E-state index >= 15 is 0 Å². The van der Waals surface area contributed by atoms with Gasteiger partial charge >= 0.3 is 0 Å². The molecule has 0 amide bonds. The number of para-hydroxylation sites is 1. The van der Waals surface area contributed by atoms with Crippen molar-refractivity contribution in [2.45, 2.75) is 205 Å². The van der Waals surface area contributed by atoms with E-state index in [0.717, 1.165) is 29.9 Å². The molecule has 0 unspecified atom stereocenters. The number of hydrogen-bond acceptors (Lipinski definition) is 1. The van der Waals surface area contributed by atoms with Crippen LogP contribution in [0.3, 0.4) is 0 Å². The van der Waals surface area contributed by atoms with Crippen molar-refractivity contribution >= 4 is 17.1 Å². The van der Waals surface area contributed by atoms with Crippen molar-refractivity contribution in [2.24, 2.45) is 0 Å². The first-order valence-corrected chi connectivity index (χ1v) is 31.6. The molecule has 0 bridgehead atoms. The second-order valence-corrected chi connectivity index (χ2v) is 24.1. The SMILES string of the molecule is C=CCCCCCCC1(CCCCCCC=C)c2cc(C)ccc2-c2ccc(-c3ccc(N(c4ccccc4)c4ccc(-c5ccc6c(c5)C(CCCCCCCC)(CCCCCCCC)c5cc(C)ccc5-6)cc4)cc3)cc21. The van der Waals surface area contributed by atoms with Crippen molar-refractivity contribution in [1.82, 2.24) is 0 Å². The lowest BCUT2D eigenvalue weighted by Crippen LogP contribution is -2.25. The molecule has 0 aromatic heterocycles. The van der Waals surface area contributed by atoms with E-state index in [1.54, 1.807) is 22.3 Å². The summed E-state index contributed by atoms with van der Waals surface area (Å²) in [6.07, 6.45) is 37.3. The summed E-state index contributed by atoms with van der Waals surface area (Å²) in [7, 11) is 0. The van der Waals surface area contributed by atoms with Crippen LogP contribution in [0.15, 0.2) is 177 Å². The normalized spacial score (nSPS) is 13.4. The molecular formula is C78H95N. The lowest BCUT2D eigenvalue weighted by molar-refractivity contribution is 0.398. The number of anilines is 3. The highest BCUT2D eigenvalue weighted by atomic mass is 15.1. The van der Waals surface area contributed by atoms with Crippen LogP contribution >= 0.6 is 0 Å². The highest BCUT2D eigenvalue weighted by Crippen LogP contribution is 2.57. The number of benzene rings is 7. The maximum absolute atomic E-state index is 3.99. The largest absolute Gasteiger partial charge is 0.311 e. The highest BCUT2D eigenvalue weighted by molar-refractivity contribution is 5.87. The Balaban J connectivity index is 1.01. The summed E-state index contributed by atoms with van der Waals surface area (Å²) in [4.78, 5) is 2.43. The molecule has 2 aliphatic carbocycles. The molecule has 0 heterocycles. The molecule has 1 heteroatoms. The Morgan fingerprint density at radius 2 is 0.646 bits per heavy atom. The summed E-state index contributed by atoms with van der Waals surface area (Å²) in [6, 6.07) is 59.3. The van der Waals surface area contributed by atoms with Crippen LogP contribution in [0.2, 0.25) is 0 Å². The first-order valence-electron chi connectivity index (χ1n) is 31.6. The molecule has 1 nitrogen and oxygen atoms in total. The fourth-order valence-corrected chi connectivity index (χ4v) is 14.1. The zero-order valence-electron chi connectivity index (χ0n) is 49.3. The highest BCUT2D eigenvalue weighted by Gasteiger charge is 2.44. The van der Waals surface area contributed by atoms with Gasteiger partial charge in [0.15, 0.2) is 0 Å². The van der Waals surface area contributed by atoms with E-state index in [0.29, 0.717) is 0 Å². The minimum atomic E-state index is 0.0218. The summed E-state index contributed by atoms with van der Waals surface area (Å²) in [6.45, 7) is 17.2. The van der Waals surface area contributed by atoms with Crippen molar-refractivity contribution in [3.63, 3.8) is 0 Å². The van der Waals surface area contributed by atoms with Gasteiger partial charge in [-0.1, -0.05) is 256 Å². The zero-order chi connectivity index (χ0) is 54.9. The quantitative estimate of drug-likeness (QED) is 0.0293. The topological polar surface area (TPSA) is 3.24 Å². The maximum atomic E-state index is 3.99. The fourth-order valence-electron chi connectivity index (χ4n) is 14.1. The zero-order valence-corrected chi connectivity index (χ0v) is 49.3. The number of nitrogens with zero attached hydrogens (tertiary/aromatic N) is 1. The standard InChI is InChI=1S/C78H95N/c1-7-11-15-19-23-30-52-77(53-31-24-20-16-12-8-2)73-56-60(5)36-48-69(73)71-50-42-64(58-75(71)77)62-38-44-67(45-39-62)79(66-34-28-27-29-35-66)68-46-40-63(41-47-68)65-43-51-72-70-49-37-61(6)57-74(70)78(76(72)59-65,54-32-25-21-17-13-9-3)55-33-26-22-18-14-10-4/h7-8,27-29,34-51,56-59H,1-2,9-26,30-33,52-55H2,3-6H3. The number of allylic oxidation sites excluding steroid dienone is 2. The monoisotopic (exact) mass is 1050 g/mol. The van der Waals surface area contributed by atoms with Crippen molar-refractivity contribution in [1.29, 1.82) is 0 Å². The number of aryl methyl sites for hydroxylation is 2. The minimum absolute atomic E-state index is 0.0218. The van der Waals surface area contributed by atoms with E-state index in [4.69, 9.17) is 0 Å². The van der Waals surface area contributed by atoms with Crippen molar-refractivity contribution < 1.29 is 0 Å². The van der Waals surface area contributed by atoms with Crippen molar-refractivity contribution in [3.05, 3.63) is 210 Å². The Hall–Kier alpha value is -6.18. The summed E-state index contributed by atoms with van der Waals surface area (Å²) in [5, 5.41) is 0. The van der Waals surface area contributed by atoms with Gasteiger partial charge in [0.1, 0.15) is 0 Å². The van der Waals surface area contributed by atoms with Crippen LogP contribution in [0.4, 0.5) is 17.1 Å². The van der Waals surface area contributed by atoms with Gasteiger partial charge in [-0.05, 0) is 181 Å². The maximum Gasteiger partial charge on any atom is 0.0462 e. The number of hydrogen-bond donors (Lipinski definition) is 0. The second kappa shape index (κ2) is 28.3. The number of rotatable bonds is 33. The lowest BCUT2D eigenvalue weighted by atomic mass is 9.70. The summed E-state index contributed by atoms with van der Waals surface area (Å²) in [5.41, 5.74) is 23.6. The van der Waals surface area contributed by atoms with Crippen molar-refractivity contribution in [2.75, 3.05) is 4.90 Å². The summed E-state index contributed by atoms with van der Waals surface area (Å²) < 4.78 is 0. The van der Waals surface area contributed by atoms with Crippen molar-refractivity contribution in [3.8, 4) is 44.5 Å². The predicted octanol–water partition coefficient (Wildman–Crippen LogP) is 24.2. The molecule has 2 aliphatic rings. The van der Waals surface area contributed by atoms with Gasteiger partial charge in [0, 0.05) is 27.9 Å². The van der Waals surface area contributed by atoms with Crippen LogP contribution in [0.1, 0.15) is 214 Å². The Morgan fingerprint density at radius 1 is 0.329 bits per heavy atom. The van der Waals surface area contributed by atoms with E-state index in [1.807, 2.05) is 0 Å². The van der Waals surface area contributed by atoms with Gasteiger partial charge in [-0.2, -0.15) is 0 Å². The van der Waals surface area contributed by atoms with Gasteiger partial charge in [-0.25, -0.2) is 0 Å². The van der Waals surface area contributed by atoms with Crippen LogP contribution in [-0.2, 0) is 10.8 Å². The van der Waals surface area contributed by atoms with Crippen LogP contribution < -0.4 is 4.90 Å². The molecule has 7 aromatic carbocycles. The molecule has 9 rings (SSSR count). The van der Waals surface area contributed by atoms with E-state index < -0.39 is 0 Å². The fraction of sp³-hybridized carbons (Fsp3) is 0.410. The third-order valence-corrected chi connectivity index (χ3v) is 18.4. The van der Waals surface area contributed by atoms with Gasteiger partial charge in [-0.15, -0.1) is 13.2 Å². The Bertz CT molecular complexity index is 3000. The second-order valence-electron chi connectivity index (χ2n) is 24.1. The smallest absolute Gasteiger partial charge is 0.0462 e.